The Morgan fingerprint density at radius 3 is 2.17 bits per heavy atom. The van der Waals surface area contributed by atoms with Crippen LogP contribution in [0.4, 0.5) is 13.2 Å². The third-order valence-electron chi connectivity index (χ3n) is 9.70. The number of hydrogen-bond acceptors (Lipinski definition) is 4. The Morgan fingerprint density at radius 1 is 0.854 bits per heavy atom. The lowest BCUT2D eigenvalue weighted by atomic mass is 9.73. The maximum absolute atomic E-state index is 13.7. The molecular formula is C39H48F3N3O3. The summed E-state index contributed by atoms with van der Waals surface area (Å²) in [6, 6.07) is 23.1. The first kappa shape index (κ1) is 35.6. The van der Waals surface area contributed by atoms with Gasteiger partial charge < -0.3 is 20.3 Å². The summed E-state index contributed by atoms with van der Waals surface area (Å²) in [6.07, 6.45) is 2.94. The molecule has 1 fully saturated rings. The van der Waals surface area contributed by atoms with Gasteiger partial charge in [0.2, 0.25) is 5.91 Å². The average molecular weight is 664 g/mol. The molecule has 9 heteroatoms. The summed E-state index contributed by atoms with van der Waals surface area (Å²) >= 11 is 0. The maximum Gasteiger partial charge on any atom is 0.405 e. The van der Waals surface area contributed by atoms with Crippen molar-refractivity contribution in [2.45, 2.75) is 82.3 Å². The number of unbranched alkanes of at least 4 members (excludes halogenated alkanes) is 2. The number of carbonyl (C=O) groups excluding carboxylic acids is 2. The summed E-state index contributed by atoms with van der Waals surface area (Å²) in [5.74, 6) is -0.617. The minimum Gasteiger partial charge on any atom is -0.381 e. The van der Waals surface area contributed by atoms with E-state index in [0.717, 1.165) is 111 Å². The van der Waals surface area contributed by atoms with Crippen molar-refractivity contribution in [1.82, 2.24) is 15.5 Å². The van der Waals surface area contributed by atoms with Gasteiger partial charge >= 0.3 is 6.18 Å². The van der Waals surface area contributed by atoms with Gasteiger partial charge in [-0.25, -0.2) is 0 Å². The maximum atomic E-state index is 13.7. The molecule has 2 N–H and O–H groups in total. The van der Waals surface area contributed by atoms with Gasteiger partial charge in [0.25, 0.3) is 5.91 Å². The van der Waals surface area contributed by atoms with Crippen molar-refractivity contribution < 1.29 is 27.5 Å². The highest BCUT2D eigenvalue weighted by Gasteiger charge is 2.49. The van der Waals surface area contributed by atoms with Gasteiger partial charge in [0, 0.05) is 37.9 Å². The molecule has 1 aliphatic heterocycles. The molecule has 5 rings (SSSR count). The van der Waals surface area contributed by atoms with Gasteiger partial charge in [0.15, 0.2) is 0 Å². The molecule has 1 saturated heterocycles. The number of amides is 2. The summed E-state index contributed by atoms with van der Waals surface area (Å²) in [5.41, 5.74) is 3.99. The van der Waals surface area contributed by atoms with Gasteiger partial charge in [-0.2, -0.15) is 13.2 Å². The second kappa shape index (κ2) is 16.6. The van der Waals surface area contributed by atoms with Crippen LogP contribution in [0.15, 0.2) is 72.8 Å². The fourth-order valence-corrected chi connectivity index (χ4v) is 7.30. The third kappa shape index (κ3) is 8.66. The van der Waals surface area contributed by atoms with Gasteiger partial charge in [-0.15, -0.1) is 0 Å². The standard InChI is InChI=1S/C39H48F3N3O3/c1-2-26-48-27-12-9-14-29-13-3-4-15-31(29)36(46)44-30-20-24-45(25-21-30)23-11-10-22-38(37(47)43-28-39(40,41)42)34-18-7-5-16-32(34)33-17-6-8-19-35(33)38/h3-8,13,15-19,30H,2,9-12,14,20-28H2,1H3,(H,43,47)(H,44,46). The van der Waals surface area contributed by atoms with Crippen LogP contribution in [0.25, 0.3) is 11.1 Å². The van der Waals surface area contributed by atoms with E-state index < -0.39 is 24.0 Å². The zero-order valence-electron chi connectivity index (χ0n) is 27.9. The number of halogens is 3. The number of rotatable bonds is 16. The van der Waals surface area contributed by atoms with E-state index in [9.17, 15) is 22.8 Å². The van der Waals surface area contributed by atoms with E-state index in [0.29, 0.717) is 12.8 Å². The number of hydrogen-bond donors (Lipinski definition) is 2. The molecule has 2 aliphatic rings. The second-order valence-corrected chi connectivity index (χ2v) is 13.1. The largest absolute Gasteiger partial charge is 0.405 e. The van der Waals surface area contributed by atoms with Gasteiger partial charge in [-0.3, -0.25) is 9.59 Å². The normalized spacial score (nSPS) is 15.9. The molecule has 258 valence electrons. The van der Waals surface area contributed by atoms with E-state index in [2.05, 4.69) is 22.5 Å². The molecule has 0 aromatic heterocycles. The Labute approximate surface area is 282 Å². The van der Waals surface area contributed by atoms with Crippen LogP contribution < -0.4 is 10.6 Å². The number of alkyl halides is 3. The lowest BCUT2D eigenvalue weighted by Crippen LogP contribution is -2.47. The van der Waals surface area contributed by atoms with Crippen molar-refractivity contribution in [3.05, 3.63) is 95.1 Å². The lowest BCUT2D eigenvalue weighted by Gasteiger charge is -2.33. The number of fused-ring (bicyclic) bond motifs is 3. The molecule has 1 heterocycles. The van der Waals surface area contributed by atoms with E-state index in [4.69, 9.17) is 4.74 Å². The van der Waals surface area contributed by atoms with Gasteiger partial charge in [-0.05, 0) is 91.8 Å². The van der Waals surface area contributed by atoms with Crippen LogP contribution in [0, 0.1) is 0 Å². The van der Waals surface area contributed by atoms with Crippen molar-refractivity contribution in [3.8, 4) is 11.1 Å². The predicted molar refractivity (Wildman–Crippen MR) is 183 cm³/mol. The van der Waals surface area contributed by atoms with Crippen LogP contribution in [0.5, 0.6) is 0 Å². The molecule has 0 unspecified atom stereocenters. The van der Waals surface area contributed by atoms with Gasteiger partial charge in [0.1, 0.15) is 12.0 Å². The van der Waals surface area contributed by atoms with E-state index >= 15 is 0 Å². The van der Waals surface area contributed by atoms with Crippen LogP contribution in [0.3, 0.4) is 0 Å². The number of nitrogens with one attached hydrogen (secondary N) is 2. The smallest absolute Gasteiger partial charge is 0.381 e. The highest BCUT2D eigenvalue weighted by Crippen LogP contribution is 2.51. The summed E-state index contributed by atoms with van der Waals surface area (Å²) < 4.78 is 45.1. The molecule has 3 aromatic rings. The minimum atomic E-state index is -4.49. The van der Waals surface area contributed by atoms with Crippen molar-refractivity contribution in [3.63, 3.8) is 0 Å². The molecule has 0 radical (unpaired) electrons. The fraction of sp³-hybridized carbons (Fsp3) is 0.487. The molecule has 48 heavy (non-hydrogen) atoms. The third-order valence-corrected chi connectivity index (χ3v) is 9.70. The first-order chi connectivity index (χ1) is 23.2. The Balaban J connectivity index is 1.13. The van der Waals surface area contributed by atoms with E-state index in [1.165, 1.54) is 0 Å². The zero-order valence-corrected chi connectivity index (χ0v) is 27.9. The second-order valence-electron chi connectivity index (χ2n) is 13.1. The Hall–Kier alpha value is -3.69. The van der Waals surface area contributed by atoms with Crippen LogP contribution in [0.1, 0.15) is 85.3 Å². The quantitative estimate of drug-likeness (QED) is 0.156. The molecule has 0 saturated carbocycles. The van der Waals surface area contributed by atoms with Crippen molar-refractivity contribution in [2.75, 3.05) is 39.4 Å². The molecule has 0 atom stereocenters. The van der Waals surface area contributed by atoms with Crippen LogP contribution in [0.2, 0.25) is 0 Å². The monoisotopic (exact) mass is 663 g/mol. The van der Waals surface area contributed by atoms with Crippen molar-refractivity contribution >= 4 is 11.8 Å². The van der Waals surface area contributed by atoms with Crippen molar-refractivity contribution in [2.24, 2.45) is 0 Å². The number of piperidine rings is 1. The number of aryl methyl sites for hydroxylation is 1. The highest BCUT2D eigenvalue weighted by atomic mass is 19.4. The average Bonchev–Trinajstić information content (AvgIpc) is 3.38. The molecule has 6 nitrogen and oxygen atoms in total. The van der Waals surface area contributed by atoms with Crippen LogP contribution in [-0.4, -0.2) is 68.3 Å². The van der Waals surface area contributed by atoms with E-state index in [-0.39, 0.29) is 11.9 Å². The SMILES string of the molecule is CCCOCCCCc1ccccc1C(=O)NC1CCN(CCCCC2(C(=O)NCC(F)(F)F)c3ccccc3-c3ccccc32)CC1. The van der Waals surface area contributed by atoms with Gasteiger partial charge in [-0.1, -0.05) is 80.1 Å². The van der Waals surface area contributed by atoms with E-state index in [1.807, 2.05) is 72.8 Å². The number of nitrogens with zero attached hydrogens (tertiary/aromatic N) is 1. The lowest BCUT2D eigenvalue weighted by molar-refractivity contribution is -0.141. The molecule has 0 bridgehead atoms. The number of benzene rings is 3. The molecule has 3 aromatic carbocycles. The summed E-state index contributed by atoms with van der Waals surface area (Å²) in [7, 11) is 0. The Bertz CT molecular complexity index is 1470. The fourth-order valence-electron chi connectivity index (χ4n) is 7.30. The first-order valence-corrected chi connectivity index (χ1v) is 17.5. The molecule has 0 spiro atoms. The number of ether oxygens (including phenoxy) is 1. The summed E-state index contributed by atoms with van der Waals surface area (Å²) in [4.78, 5) is 29.3. The van der Waals surface area contributed by atoms with Gasteiger partial charge in [0.05, 0.1) is 0 Å². The number of likely N-dealkylation sites (tertiary alicyclic amines) is 1. The molecular weight excluding hydrogens is 615 g/mol. The predicted octanol–water partition coefficient (Wildman–Crippen LogP) is 7.45. The van der Waals surface area contributed by atoms with E-state index in [1.54, 1.807) is 0 Å². The minimum absolute atomic E-state index is 0.0162. The summed E-state index contributed by atoms with van der Waals surface area (Å²) in [6.45, 7) is 4.82. The first-order valence-electron chi connectivity index (χ1n) is 17.5. The molecule has 1 aliphatic carbocycles. The summed E-state index contributed by atoms with van der Waals surface area (Å²) in [5, 5.41) is 5.48. The van der Waals surface area contributed by atoms with Crippen molar-refractivity contribution in [1.29, 1.82) is 0 Å². The zero-order chi connectivity index (χ0) is 34.0. The highest BCUT2D eigenvalue weighted by molar-refractivity contribution is 6.00. The van der Waals surface area contributed by atoms with Crippen LogP contribution in [-0.2, 0) is 21.4 Å². The topological polar surface area (TPSA) is 70.7 Å². The number of carbonyl (C=O) groups is 2. The molecule has 2 amide bonds. The van der Waals surface area contributed by atoms with Crippen LogP contribution >= 0.6 is 0 Å². The Morgan fingerprint density at radius 2 is 1.50 bits per heavy atom. The Kier molecular flexibility index (Phi) is 12.3.